The van der Waals surface area contributed by atoms with E-state index >= 15 is 0 Å². The summed E-state index contributed by atoms with van der Waals surface area (Å²) in [5.41, 5.74) is 5.52. The number of hydrogen-bond donors (Lipinski definition) is 4. The molecule has 0 bridgehead atoms. The maximum Gasteiger partial charge on any atom is 0.405 e. The van der Waals surface area contributed by atoms with Gasteiger partial charge in [-0.2, -0.15) is 0 Å². The lowest BCUT2D eigenvalue weighted by Crippen LogP contribution is -2.32. The summed E-state index contributed by atoms with van der Waals surface area (Å²) in [5, 5.41) is 16.6. The van der Waals surface area contributed by atoms with Gasteiger partial charge in [0.15, 0.2) is 0 Å². The molecular formula is C33H32N8O5. The molecule has 13 nitrogen and oxygen atoms in total. The Kier molecular flexibility index (Phi) is 8.72. The third-order valence-corrected chi connectivity index (χ3v) is 7.74. The number of benzene rings is 2. The molecule has 2 fully saturated rings. The highest BCUT2D eigenvalue weighted by Crippen LogP contribution is 2.28. The van der Waals surface area contributed by atoms with Gasteiger partial charge in [0, 0.05) is 55.7 Å². The lowest BCUT2D eigenvalue weighted by Gasteiger charge is -2.19. The molecule has 2 aliphatic rings. The van der Waals surface area contributed by atoms with Crippen molar-refractivity contribution in [1.29, 1.82) is 0 Å². The normalized spacial score (nSPS) is 14.5. The van der Waals surface area contributed by atoms with Crippen LogP contribution in [0, 0.1) is 0 Å². The number of nitrogens with one attached hydrogen (secondary N) is 3. The Morgan fingerprint density at radius 2 is 1.65 bits per heavy atom. The third kappa shape index (κ3) is 7.04. The summed E-state index contributed by atoms with van der Waals surface area (Å²) < 4.78 is 0. The molecule has 5 amide bonds. The Balaban J connectivity index is 1.05. The Morgan fingerprint density at radius 1 is 0.826 bits per heavy atom. The molecule has 6 rings (SSSR count). The highest BCUT2D eigenvalue weighted by Gasteiger charge is 2.30. The van der Waals surface area contributed by atoms with Crippen molar-refractivity contribution in [3.05, 3.63) is 90.9 Å². The van der Waals surface area contributed by atoms with Crippen LogP contribution in [-0.4, -0.2) is 70.1 Å². The predicted molar refractivity (Wildman–Crippen MR) is 173 cm³/mol. The van der Waals surface area contributed by atoms with E-state index in [-0.39, 0.29) is 18.5 Å². The van der Waals surface area contributed by atoms with Crippen molar-refractivity contribution in [2.24, 2.45) is 0 Å². The SMILES string of the molecule is O=C(O)NCC(=O)Nc1cccc(CN2CCN(c3cncc(Nc4ccc(-c5ccc(N6CCCC6=O)cc5)cn4)c3)C2=O)c1. The number of nitrogens with zero attached hydrogens (tertiary/aromatic N) is 5. The van der Waals surface area contributed by atoms with Gasteiger partial charge in [-0.25, -0.2) is 14.6 Å². The second-order valence-corrected chi connectivity index (χ2v) is 10.9. The number of rotatable bonds is 10. The van der Waals surface area contributed by atoms with E-state index in [2.05, 4.69) is 20.6 Å². The molecular weight excluding hydrogens is 588 g/mol. The minimum atomic E-state index is -1.28. The zero-order valence-electron chi connectivity index (χ0n) is 24.8. The predicted octanol–water partition coefficient (Wildman–Crippen LogP) is 4.66. The fourth-order valence-corrected chi connectivity index (χ4v) is 5.48. The van der Waals surface area contributed by atoms with Crippen LogP contribution < -0.4 is 25.8 Å². The van der Waals surface area contributed by atoms with Gasteiger partial charge in [0.25, 0.3) is 0 Å². The molecule has 0 saturated carbocycles. The van der Waals surface area contributed by atoms with Crippen molar-refractivity contribution in [2.75, 3.05) is 46.6 Å². The Labute approximate surface area is 264 Å². The van der Waals surface area contributed by atoms with Crippen LogP contribution >= 0.6 is 0 Å². The molecule has 13 heteroatoms. The van der Waals surface area contributed by atoms with Crippen molar-refractivity contribution in [2.45, 2.75) is 19.4 Å². The molecule has 4 aromatic rings. The van der Waals surface area contributed by atoms with Crippen LogP contribution in [0.1, 0.15) is 18.4 Å². The summed E-state index contributed by atoms with van der Waals surface area (Å²) in [5.74, 6) is 0.301. The summed E-state index contributed by atoms with van der Waals surface area (Å²) in [6.45, 7) is 1.73. The summed E-state index contributed by atoms with van der Waals surface area (Å²) in [6, 6.07) is 20.5. The maximum absolute atomic E-state index is 13.3. The van der Waals surface area contributed by atoms with Crippen molar-refractivity contribution in [3.8, 4) is 11.1 Å². The molecule has 2 saturated heterocycles. The van der Waals surface area contributed by atoms with Gasteiger partial charge >= 0.3 is 12.1 Å². The van der Waals surface area contributed by atoms with Gasteiger partial charge in [-0.3, -0.25) is 19.5 Å². The van der Waals surface area contributed by atoms with Crippen LogP contribution in [0.5, 0.6) is 0 Å². The van der Waals surface area contributed by atoms with Crippen LogP contribution in [-0.2, 0) is 16.1 Å². The molecule has 46 heavy (non-hydrogen) atoms. The first-order valence-electron chi connectivity index (χ1n) is 14.8. The highest BCUT2D eigenvalue weighted by molar-refractivity contribution is 5.96. The van der Waals surface area contributed by atoms with Gasteiger partial charge in [0.05, 0.1) is 23.8 Å². The quantitative estimate of drug-likeness (QED) is 0.199. The highest BCUT2D eigenvalue weighted by atomic mass is 16.4. The average molecular weight is 621 g/mol. The van der Waals surface area contributed by atoms with Gasteiger partial charge in [0.1, 0.15) is 12.4 Å². The average Bonchev–Trinajstić information content (AvgIpc) is 3.65. The number of carbonyl (C=O) groups is 4. The van der Waals surface area contributed by atoms with E-state index in [1.807, 2.05) is 58.7 Å². The lowest BCUT2D eigenvalue weighted by atomic mass is 10.1. The first-order valence-corrected chi connectivity index (χ1v) is 14.8. The minimum Gasteiger partial charge on any atom is -0.465 e. The fourth-order valence-electron chi connectivity index (χ4n) is 5.48. The minimum absolute atomic E-state index is 0.163. The van der Waals surface area contributed by atoms with Gasteiger partial charge in [-0.05, 0) is 60.0 Å². The maximum atomic E-state index is 13.3. The van der Waals surface area contributed by atoms with E-state index in [1.165, 1.54) is 0 Å². The van der Waals surface area contributed by atoms with Gasteiger partial charge in [-0.1, -0.05) is 24.3 Å². The van der Waals surface area contributed by atoms with E-state index in [9.17, 15) is 19.2 Å². The molecule has 0 spiro atoms. The number of amides is 5. The molecule has 0 atom stereocenters. The molecule has 0 radical (unpaired) electrons. The lowest BCUT2D eigenvalue weighted by molar-refractivity contribution is -0.117. The molecule has 234 valence electrons. The summed E-state index contributed by atoms with van der Waals surface area (Å²) in [4.78, 5) is 62.0. The monoisotopic (exact) mass is 620 g/mol. The van der Waals surface area contributed by atoms with Crippen LogP contribution in [0.15, 0.2) is 85.3 Å². The third-order valence-electron chi connectivity index (χ3n) is 7.74. The van der Waals surface area contributed by atoms with Crippen LogP contribution in [0.25, 0.3) is 11.1 Å². The second-order valence-electron chi connectivity index (χ2n) is 10.9. The van der Waals surface area contributed by atoms with Crippen molar-refractivity contribution < 1.29 is 24.3 Å². The summed E-state index contributed by atoms with van der Waals surface area (Å²) in [7, 11) is 0. The van der Waals surface area contributed by atoms with E-state index in [4.69, 9.17) is 5.11 Å². The zero-order chi connectivity index (χ0) is 32.0. The largest absolute Gasteiger partial charge is 0.465 e. The standard InChI is InChI=1S/C33H32N8O5/c42-30(20-36-32(44)45)38-25-4-1-3-22(15-25)21-39-13-14-41(33(39)46)28-16-26(18-34-19-28)37-29-11-8-24(17-35-29)23-6-9-27(10-7-23)40-12-2-5-31(40)43/h1,3-4,6-11,15-19,36H,2,5,12-14,20-21H2,(H,35,37)(H,38,42)(H,44,45). The van der Waals surface area contributed by atoms with E-state index in [0.717, 1.165) is 35.3 Å². The Bertz CT molecular complexity index is 1760. The van der Waals surface area contributed by atoms with Gasteiger partial charge in [-0.15, -0.1) is 0 Å². The molecule has 2 aromatic heterocycles. The molecule has 2 aromatic carbocycles. The zero-order valence-corrected chi connectivity index (χ0v) is 24.8. The Morgan fingerprint density at radius 3 is 2.39 bits per heavy atom. The fraction of sp³-hybridized carbons (Fsp3) is 0.212. The number of anilines is 5. The van der Waals surface area contributed by atoms with Crippen LogP contribution in [0.3, 0.4) is 0 Å². The van der Waals surface area contributed by atoms with Crippen LogP contribution in [0.4, 0.5) is 38.2 Å². The number of hydrogen-bond acceptors (Lipinski definition) is 7. The van der Waals surface area contributed by atoms with Crippen molar-refractivity contribution >= 4 is 52.5 Å². The van der Waals surface area contributed by atoms with E-state index in [1.54, 1.807) is 46.6 Å². The number of carboxylic acid groups (broad SMARTS) is 1. The molecule has 2 aliphatic heterocycles. The first-order chi connectivity index (χ1) is 22.3. The Hall–Kier alpha value is -5.98. The molecule has 0 aliphatic carbocycles. The first kappa shape index (κ1) is 30.1. The van der Waals surface area contributed by atoms with Crippen LogP contribution in [0.2, 0.25) is 0 Å². The van der Waals surface area contributed by atoms with Gasteiger partial charge < -0.3 is 30.9 Å². The number of urea groups is 1. The van der Waals surface area contributed by atoms with Crippen molar-refractivity contribution in [3.63, 3.8) is 0 Å². The molecule has 4 N–H and O–H groups in total. The number of aromatic nitrogens is 2. The molecule has 4 heterocycles. The van der Waals surface area contributed by atoms with Gasteiger partial charge in [0.2, 0.25) is 11.8 Å². The van der Waals surface area contributed by atoms with E-state index < -0.39 is 12.0 Å². The molecule has 0 unspecified atom stereocenters. The number of carbonyl (C=O) groups excluding carboxylic acids is 3. The van der Waals surface area contributed by atoms with Crippen molar-refractivity contribution in [1.82, 2.24) is 20.2 Å². The smallest absolute Gasteiger partial charge is 0.405 e. The number of pyridine rings is 2. The second kappa shape index (κ2) is 13.3. The summed E-state index contributed by atoms with van der Waals surface area (Å²) >= 11 is 0. The topological polar surface area (TPSA) is 160 Å². The van der Waals surface area contributed by atoms with E-state index in [0.29, 0.717) is 48.9 Å². The summed E-state index contributed by atoms with van der Waals surface area (Å²) in [6.07, 6.45) is 5.31.